The van der Waals surface area contributed by atoms with Crippen LogP contribution in [0.4, 0.5) is 5.69 Å². The molecule has 0 aromatic heterocycles. The number of hydrogen-bond acceptors (Lipinski definition) is 4. The summed E-state index contributed by atoms with van der Waals surface area (Å²) in [5.41, 5.74) is 1.09. The molecule has 0 spiro atoms. The Hall–Kier alpha value is -2.08. The first-order valence-electron chi connectivity index (χ1n) is 8.05. The van der Waals surface area contributed by atoms with Crippen molar-refractivity contribution in [3.63, 3.8) is 0 Å². The van der Waals surface area contributed by atoms with E-state index in [0.717, 1.165) is 13.1 Å². The summed E-state index contributed by atoms with van der Waals surface area (Å²) in [7, 11) is 0. The molecule has 2 heterocycles. The highest BCUT2D eigenvalue weighted by Crippen LogP contribution is 2.28. The molecule has 1 aromatic rings. The molecule has 0 saturated carbocycles. The van der Waals surface area contributed by atoms with E-state index in [-0.39, 0.29) is 24.5 Å². The Morgan fingerprint density at radius 3 is 2.87 bits per heavy atom. The van der Waals surface area contributed by atoms with Gasteiger partial charge in [-0.25, -0.2) is 0 Å². The fourth-order valence-corrected chi connectivity index (χ4v) is 3.09. The fourth-order valence-electron chi connectivity index (χ4n) is 3.09. The predicted octanol–water partition coefficient (Wildman–Crippen LogP) is 1.48. The van der Waals surface area contributed by atoms with Crippen LogP contribution >= 0.6 is 0 Å². The van der Waals surface area contributed by atoms with Crippen LogP contribution in [0.25, 0.3) is 0 Å². The standard InChI is InChI=1S/C17H23N3O3/c1-10(2)20-7-11(3)14(8-20)19-17(22)12-4-5-15-13(6-12)18-16(21)9-23-15/h4-6,10-11,14H,7-9H2,1-3H3,(H,18,21)(H,19,22)/t11-,14+/m1/s1. The molecule has 2 amide bonds. The molecule has 6 nitrogen and oxygen atoms in total. The van der Waals surface area contributed by atoms with Gasteiger partial charge in [0.05, 0.1) is 5.69 Å². The van der Waals surface area contributed by atoms with Gasteiger partial charge in [0.15, 0.2) is 6.61 Å². The lowest BCUT2D eigenvalue weighted by atomic mass is 10.1. The normalized spacial score (nSPS) is 24.1. The molecule has 2 aliphatic heterocycles. The first kappa shape index (κ1) is 15.8. The largest absolute Gasteiger partial charge is 0.482 e. The summed E-state index contributed by atoms with van der Waals surface area (Å²) in [6.45, 7) is 8.38. The lowest BCUT2D eigenvalue weighted by Gasteiger charge is -2.21. The number of likely N-dealkylation sites (tertiary alicyclic amines) is 1. The number of anilines is 1. The van der Waals surface area contributed by atoms with Crippen molar-refractivity contribution in [1.29, 1.82) is 0 Å². The summed E-state index contributed by atoms with van der Waals surface area (Å²) < 4.78 is 5.31. The van der Waals surface area contributed by atoms with Crippen LogP contribution in [0.1, 0.15) is 31.1 Å². The molecule has 0 radical (unpaired) electrons. The van der Waals surface area contributed by atoms with Crippen molar-refractivity contribution in [2.75, 3.05) is 25.0 Å². The predicted molar refractivity (Wildman–Crippen MR) is 87.7 cm³/mol. The second-order valence-electron chi connectivity index (χ2n) is 6.65. The fraction of sp³-hybridized carbons (Fsp3) is 0.529. The molecule has 0 aliphatic carbocycles. The third kappa shape index (κ3) is 3.32. The topological polar surface area (TPSA) is 70.7 Å². The first-order valence-corrected chi connectivity index (χ1v) is 8.05. The Balaban J connectivity index is 1.69. The average Bonchev–Trinajstić information content (AvgIpc) is 2.87. The zero-order valence-electron chi connectivity index (χ0n) is 13.8. The van der Waals surface area contributed by atoms with E-state index in [1.807, 2.05) is 0 Å². The molecule has 2 atom stereocenters. The van der Waals surface area contributed by atoms with Crippen LogP contribution in [0.2, 0.25) is 0 Å². The number of carbonyl (C=O) groups is 2. The maximum absolute atomic E-state index is 12.5. The Morgan fingerprint density at radius 2 is 2.17 bits per heavy atom. The Labute approximate surface area is 136 Å². The van der Waals surface area contributed by atoms with Crippen LogP contribution in [-0.4, -0.2) is 48.5 Å². The van der Waals surface area contributed by atoms with Crippen molar-refractivity contribution in [3.8, 4) is 5.75 Å². The molecule has 0 bridgehead atoms. The van der Waals surface area contributed by atoms with E-state index < -0.39 is 0 Å². The number of ether oxygens (including phenoxy) is 1. The van der Waals surface area contributed by atoms with Crippen LogP contribution in [0.3, 0.4) is 0 Å². The monoisotopic (exact) mass is 317 g/mol. The van der Waals surface area contributed by atoms with Gasteiger partial charge in [0, 0.05) is 30.7 Å². The lowest BCUT2D eigenvalue weighted by Crippen LogP contribution is -2.40. The molecular formula is C17H23N3O3. The van der Waals surface area contributed by atoms with E-state index in [4.69, 9.17) is 4.74 Å². The third-order valence-electron chi connectivity index (χ3n) is 4.56. The van der Waals surface area contributed by atoms with E-state index in [1.165, 1.54) is 0 Å². The van der Waals surface area contributed by atoms with Gasteiger partial charge in [0.1, 0.15) is 5.75 Å². The minimum Gasteiger partial charge on any atom is -0.482 e. The average molecular weight is 317 g/mol. The van der Waals surface area contributed by atoms with E-state index in [2.05, 4.69) is 36.3 Å². The first-order chi connectivity index (χ1) is 10.9. The van der Waals surface area contributed by atoms with Gasteiger partial charge in [0.2, 0.25) is 0 Å². The summed E-state index contributed by atoms with van der Waals surface area (Å²) in [4.78, 5) is 26.3. The van der Waals surface area contributed by atoms with Gasteiger partial charge in [-0.1, -0.05) is 6.92 Å². The van der Waals surface area contributed by atoms with Gasteiger partial charge < -0.3 is 15.4 Å². The highest BCUT2D eigenvalue weighted by molar-refractivity contribution is 5.99. The molecule has 1 aromatic carbocycles. The molecule has 6 heteroatoms. The van der Waals surface area contributed by atoms with Gasteiger partial charge in [-0.15, -0.1) is 0 Å². The maximum atomic E-state index is 12.5. The van der Waals surface area contributed by atoms with Crippen LogP contribution in [0.15, 0.2) is 18.2 Å². The Kier molecular flexibility index (Phi) is 4.26. The van der Waals surface area contributed by atoms with Crippen molar-refractivity contribution in [1.82, 2.24) is 10.2 Å². The summed E-state index contributed by atoms with van der Waals surface area (Å²) in [5, 5.41) is 5.84. The number of fused-ring (bicyclic) bond motifs is 1. The van der Waals surface area contributed by atoms with Crippen LogP contribution < -0.4 is 15.4 Å². The smallest absolute Gasteiger partial charge is 0.262 e. The molecule has 0 unspecified atom stereocenters. The summed E-state index contributed by atoms with van der Waals surface area (Å²) in [6.07, 6.45) is 0. The highest BCUT2D eigenvalue weighted by Gasteiger charge is 2.32. The molecule has 2 N–H and O–H groups in total. The number of nitrogens with zero attached hydrogens (tertiary/aromatic N) is 1. The van der Waals surface area contributed by atoms with E-state index in [0.29, 0.717) is 29.0 Å². The minimum absolute atomic E-state index is 0.0170. The zero-order chi connectivity index (χ0) is 16.6. The number of carbonyl (C=O) groups excluding carboxylic acids is 2. The zero-order valence-corrected chi connectivity index (χ0v) is 13.8. The van der Waals surface area contributed by atoms with Crippen molar-refractivity contribution in [2.24, 2.45) is 5.92 Å². The van der Waals surface area contributed by atoms with Crippen molar-refractivity contribution < 1.29 is 14.3 Å². The lowest BCUT2D eigenvalue weighted by molar-refractivity contribution is -0.118. The SMILES string of the molecule is CC(C)N1C[C@@H](C)[C@@H](NC(=O)c2ccc3c(c2)NC(=O)CO3)C1. The van der Waals surface area contributed by atoms with Crippen LogP contribution in [-0.2, 0) is 4.79 Å². The van der Waals surface area contributed by atoms with Gasteiger partial charge in [-0.2, -0.15) is 0 Å². The number of benzene rings is 1. The number of hydrogen-bond donors (Lipinski definition) is 2. The second-order valence-corrected chi connectivity index (χ2v) is 6.65. The second kappa shape index (κ2) is 6.20. The molecule has 23 heavy (non-hydrogen) atoms. The number of nitrogens with one attached hydrogen (secondary N) is 2. The van der Waals surface area contributed by atoms with E-state index >= 15 is 0 Å². The highest BCUT2D eigenvalue weighted by atomic mass is 16.5. The molecule has 1 fully saturated rings. The van der Waals surface area contributed by atoms with Crippen LogP contribution in [0.5, 0.6) is 5.75 Å². The van der Waals surface area contributed by atoms with Gasteiger partial charge in [0.25, 0.3) is 11.8 Å². The van der Waals surface area contributed by atoms with E-state index in [1.54, 1.807) is 18.2 Å². The summed E-state index contributed by atoms with van der Waals surface area (Å²) in [5.74, 6) is 0.700. The van der Waals surface area contributed by atoms with Gasteiger partial charge in [-0.3, -0.25) is 14.5 Å². The van der Waals surface area contributed by atoms with Crippen molar-refractivity contribution >= 4 is 17.5 Å². The summed E-state index contributed by atoms with van der Waals surface area (Å²) in [6, 6.07) is 5.75. The van der Waals surface area contributed by atoms with Gasteiger partial charge in [-0.05, 0) is 38.0 Å². The molecular weight excluding hydrogens is 294 g/mol. The minimum atomic E-state index is -0.202. The number of amides is 2. The molecule has 2 aliphatic rings. The maximum Gasteiger partial charge on any atom is 0.262 e. The van der Waals surface area contributed by atoms with Crippen molar-refractivity contribution in [2.45, 2.75) is 32.9 Å². The number of rotatable bonds is 3. The summed E-state index contributed by atoms with van der Waals surface area (Å²) >= 11 is 0. The van der Waals surface area contributed by atoms with E-state index in [9.17, 15) is 9.59 Å². The van der Waals surface area contributed by atoms with Crippen molar-refractivity contribution in [3.05, 3.63) is 23.8 Å². The molecule has 1 saturated heterocycles. The van der Waals surface area contributed by atoms with Gasteiger partial charge >= 0.3 is 0 Å². The Bertz CT molecular complexity index is 630. The van der Waals surface area contributed by atoms with Crippen LogP contribution in [0, 0.1) is 5.92 Å². The quantitative estimate of drug-likeness (QED) is 0.886. The molecule has 124 valence electrons. The Morgan fingerprint density at radius 1 is 1.39 bits per heavy atom. The molecule has 3 rings (SSSR count). The third-order valence-corrected chi connectivity index (χ3v) is 4.56.